The van der Waals surface area contributed by atoms with Crippen LogP contribution in [0.15, 0.2) is 4.52 Å². The fourth-order valence-electron chi connectivity index (χ4n) is 0.732. The van der Waals surface area contributed by atoms with E-state index in [4.69, 9.17) is 4.52 Å². The summed E-state index contributed by atoms with van der Waals surface area (Å²) in [6.07, 6.45) is 0. The van der Waals surface area contributed by atoms with E-state index in [-0.39, 0.29) is 0 Å². The first-order valence-electron chi connectivity index (χ1n) is 3.71. The van der Waals surface area contributed by atoms with E-state index in [1.165, 1.54) is 0 Å². The molecule has 0 radical (unpaired) electrons. The van der Waals surface area contributed by atoms with E-state index in [9.17, 15) is 0 Å². The molecule has 0 bridgehead atoms. The van der Waals surface area contributed by atoms with Crippen LogP contribution in [0.5, 0.6) is 0 Å². The van der Waals surface area contributed by atoms with E-state index in [1.54, 1.807) is 0 Å². The zero-order chi connectivity index (χ0) is 8.27. The predicted octanol–water partition coefficient (Wildman–Crippen LogP) is 0.912. The minimum Gasteiger partial charge on any atom is -0.339 e. The van der Waals surface area contributed by atoms with Crippen LogP contribution in [-0.2, 0) is 6.54 Å². The summed E-state index contributed by atoms with van der Waals surface area (Å²) < 4.78 is 4.98. The lowest BCUT2D eigenvalue weighted by Crippen LogP contribution is -2.06. The number of nitrogens with one attached hydrogen (secondary N) is 1. The largest absolute Gasteiger partial charge is 0.339 e. The van der Waals surface area contributed by atoms with Crippen molar-refractivity contribution in [2.24, 2.45) is 0 Å². The van der Waals surface area contributed by atoms with Gasteiger partial charge in [0.25, 0.3) is 0 Å². The minimum absolute atomic E-state index is 0.313. The van der Waals surface area contributed by atoms with E-state index >= 15 is 0 Å². The van der Waals surface area contributed by atoms with Crippen LogP contribution in [0, 0.1) is 0 Å². The average molecular weight is 155 g/mol. The summed E-state index contributed by atoms with van der Waals surface area (Å²) in [5.41, 5.74) is 0. The molecule has 0 saturated heterocycles. The fraction of sp³-hybridized carbons (Fsp3) is 0.714. The van der Waals surface area contributed by atoms with Gasteiger partial charge in [-0.3, -0.25) is 0 Å². The Morgan fingerprint density at radius 1 is 1.55 bits per heavy atom. The SMILES string of the molecule is CNCc1noc(C(C)C)n1. The van der Waals surface area contributed by atoms with Crippen molar-refractivity contribution in [3.63, 3.8) is 0 Å². The highest BCUT2D eigenvalue weighted by atomic mass is 16.5. The van der Waals surface area contributed by atoms with Gasteiger partial charge >= 0.3 is 0 Å². The van der Waals surface area contributed by atoms with Gasteiger partial charge in [0, 0.05) is 5.92 Å². The van der Waals surface area contributed by atoms with Crippen LogP contribution in [0.4, 0.5) is 0 Å². The molecule has 1 aromatic rings. The normalized spacial score (nSPS) is 10.9. The molecule has 0 aliphatic carbocycles. The van der Waals surface area contributed by atoms with Crippen LogP contribution in [-0.4, -0.2) is 17.2 Å². The highest BCUT2D eigenvalue weighted by molar-refractivity contribution is 4.89. The van der Waals surface area contributed by atoms with Crippen molar-refractivity contribution in [1.82, 2.24) is 15.5 Å². The first-order chi connectivity index (χ1) is 5.24. The Balaban J connectivity index is 2.66. The van der Waals surface area contributed by atoms with Crippen molar-refractivity contribution in [3.8, 4) is 0 Å². The third kappa shape index (κ3) is 2.01. The molecule has 1 rings (SSSR count). The van der Waals surface area contributed by atoms with Gasteiger partial charge in [-0.05, 0) is 7.05 Å². The minimum atomic E-state index is 0.313. The van der Waals surface area contributed by atoms with Crippen LogP contribution in [0.25, 0.3) is 0 Å². The Labute approximate surface area is 66.0 Å². The van der Waals surface area contributed by atoms with Crippen molar-refractivity contribution in [2.45, 2.75) is 26.3 Å². The summed E-state index contributed by atoms with van der Waals surface area (Å²) in [6.45, 7) is 4.71. The highest BCUT2D eigenvalue weighted by Crippen LogP contribution is 2.10. The van der Waals surface area contributed by atoms with Gasteiger partial charge < -0.3 is 9.84 Å². The zero-order valence-electron chi connectivity index (χ0n) is 7.09. The fourth-order valence-corrected chi connectivity index (χ4v) is 0.732. The van der Waals surface area contributed by atoms with Gasteiger partial charge in [0.2, 0.25) is 5.89 Å². The molecular weight excluding hydrogens is 142 g/mol. The molecule has 4 nitrogen and oxygen atoms in total. The lowest BCUT2D eigenvalue weighted by molar-refractivity contribution is 0.360. The third-order valence-electron chi connectivity index (χ3n) is 1.31. The molecule has 0 fully saturated rings. The molecule has 1 heterocycles. The summed E-state index contributed by atoms with van der Waals surface area (Å²) in [6, 6.07) is 0. The number of hydrogen-bond acceptors (Lipinski definition) is 4. The number of rotatable bonds is 3. The van der Waals surface area contributed by atoms with Crippen LogP contribution in [0.1, 0.15) is 31.5 Å². The van der Waals surface area contributed by atoms with E-state index in [1.807, 2.05) is 20.9 Å². The first kappa shape index (κ1) is 8.20. The van der Waals surface area contributed by atoms with E-state index in [2.05, 4.69) is 15.5 Å². The van der Waals surface area contributed by atoms with Gasteiger partial charge in [0.1, 0.15) is 0 Å². The third-order valence-corrected chi connectivity index (χ3v) is 1.31. The van der Waals surface area contributed by atoms with Crippen LogP contribution in [0.3, 0.4) is 0 Å². The Bertz CT molecular complexity index is 219. The second-order valence-corrected chi connectivity index (χ2v) is 2.73. The molecule has 0 saturated carbocycles. The van der Waals surface area contributed by atoms with Crippen LogP contribution in [0.2, 0.25) is 0 Å². The molecule has 0 amide bonds. The van der Waals surface area contributed by atoms with Crippen LogP contribution < -0.4 is 5.32 Å². The van der Waals surface area contributed by atoms with Gasteiger partial charge in [-0.1, -0.05) is 19.0 Å². The molecular formula is C7H13N3O. The molecule has 0 unspecified atom stereocenters. The average Bonchev–Trinajstić information content (AvgIpc) is 2.37. The van der Waals surface area contributed by atoms with Crippen molar-refractivity contribution < 1.29 is 4.52 Å². The number of nitrogens with zero attached hydrogens (tertiary/aromatic N) is 2. The second-order valence-electron chi connectivity index (χ2n) is 2.73. The molecule has 0 aliphatic rings. The topological polar surface area (TPSA) is 51.0 Å². The van der Waals surface area contributed by atoms with E-state index in [0.29, 0.717) is 18.4 Å². The first-order valence-corrected chi connectivity index (χ1v) is 3.71. The lowest BCUT2D eigenvalue weighted by atomic mass is 10.2. The van der Waals surface area contributed by atoms with Gasteiger partial charge in [0.15, 0.2) is 5.82 Å². The Morgan fingerprint density at radius 3 is 2.73 bits per heavy atom. The summed E-state index contributed by atoms with van der Waals surface area (Å²) >= 11 is 0. The molecule has 0 aromatic carbocycles. The predicted molar refractivity (Wildman–Crippen MR) is 41.2 cm³/mol. The maximum absolute atomic E-state index is 4.98. The molecule has 11 heavy (non-hydrogen) atoms. The molecule has 4 heteroatoms. The van der Waals surface area contributed by atoms with Gasteiger partial charge in [-0.25, -0.2) is 0 Å². The summed E-state index contributed by atoms with van der Waals surface area (Å²) in [7, 11) is 1.85. The lowest BCUT2D eigenvalue weighted by Gasteiger charge is -1.92. The van der Waals surface area contributed by atoms with Gasteiger partial charge in [0.05, 0.1) is 6.54 Å². The maximum atomic E-state index is 4.98. The van der Waals surface area contributed by atoms with Gasteiger partial charge in [-0.15, -0.1) is 0 Å². The van der Waals surface area contributed by atoms with E-state index < -0.39 is 0 Å². The van der Waals surface area contributed by atoms with Crippen molar-refractivity contribution in [2.75, 3.05) is 7.05 Å². The van der Waals surface area contributed by atoms with E-state index in [0.717, 1.165) is 5.82 Å². The quantitative estimate of drug-likeness (QED) is 0.705. The molecule has 0 aliphatic heterocycles. The Kier molecular flexibility index (Phi) is 2.59. The molecule has 0 spiro atoms. The zero-order valence-corrected chi connectivity index (χ0v) is 7.09. The summed E-state index contributed by atoms with van der Waals surface area (Å²) in [4.78, 5) is 4.16. The van der Waals surface area contributed by atoms with Crippen molar-refractivity contribution in [1.29, 1.82) is 0 Å². The molecule has 0 atom stereocenters. The Hall–Kier alpha value is -0.900. The monoisotopic (exact) mass is 155 g/mol. The number of hydrogen-bond donors (Lipinski definition) is 1. The maximum Gasteiger partial charge on any atom is 0.229 e. The van der Waals surface area contributed by atoms with Gasteiger partial charge in [-0.2, -0.15) is 4.98 Å². The highest BCUT2D eigenvalue weighted by Gasteiger charge is 2.07. The number of aromatic nitrogens is 2. The molecule has 1 aromatic heterocycles. The summed E-state index contributed by atoms with van der Waals surface area (Å²) in [5.74, 6) is 1.74. The summed E-state index contributed by atoms with van der Waals surface area (Å²) in [5, 5.41) is 6.73. The van der Waals surface area contributed by atoms with Crippen molar-refractivity contribution >= 4 is 0 Å². The second kappa shape index (κ2) is 3.48. The molecule has 1 N–H and O–H groups in total. The smallest absolute Gasteiger partial charge is 0.229 e. The molecule has 62 valence electrons. The van der Waals surface area contributed by atoms with Crippen LogP contribution >= 0.6 is 0 Å². The Morgan fingerprint density at radius 2 is 2.27 bits per heavy atom. The van der Waals surface area contributed by atoms with Crippen molar-refractivity contribution in [3.05, 3.63) is 11.7 Å². The standard InChI is InChI=1S/C7H13N3O/c1-5(2)7-9-6(4-8-3)10-11-7/h5,8H,4H2,1-3H3.